The first-order chi connectivity index (χ1) is 9.54. The summed E-state index contributed by atoms with van der Waals surface area (Å²) in [5, 5.41) is 8.83. The van der Waals surface area contributed by atoms with Gasteiger partial charge in [-0.2, -0.15) is 0 Å². The fourth-order valence-electron chi connectivity index (χ4n) is 3.15. The van der Waals surface area contributed by atoms with Crippen LogP contribution in [-0.4, -0.2) is 18.2 Å². The Morgan fingerprint density at radius 1 is 1.40 bits per heavy atom. The highest BCUT2D eigenvalue weighted by molar-refractivity contribution is 5.66. The van der Waals surface area contributed by atoms with Gasteiger partial charge in [0.15, 0.2) is 0 Å². The summed E-state index contributed by atoms with van der Waals surface area (Å²) in [6.07, 6.45) is 5.02. The van der Waals surface area contributed by atoms with Crippen LogP contribution in [-0.2, 0) is 17.6 Å². The molecule has 1 unspecified atom stereocenters. The number of hydrogen-bond acceptors (Lipinski definition) is 3. The maximum Gasteiger partial charge on any atom is 0.303 e. The molecule has 0 radical (unpaired) electrons. The zero-order valence-electron chi connectivity index (χ0n) is 12.2. The van der Waals surface area contributed by atoms with Gasteiger partial charge in [-0.25, -0.2) is 0 Å². The number of rotatable bonds is 5. The van der Waals surface area contributed by atoms with Crippen LogP contribution >= 0.6 is 0 Å². The fourth-order valence-corrected chi connectivity index (χ4v) is 3.15. The molecule has 1 aromatic carbocycles. The molecule has 0 heterocycles. The molecule has 1 aliphatic rings. The van der Waals surface area contributed by atoms with Gasteiger partial charge < -0.3 is 15.6 Å². The third-order valence-corrected chi connectivity index (χ3v) is 4.14. The van der Waals surface area contributed by atoms with Gasteiger partial charge in [-0.1, -0.05) is 0 Å². The summed E-state index contributed by atoms with van der Waals surface area (Å²) in [7, 11) is 1.65. The third kappa shape index (κ3) is 2.96. The summed E-state index contributed by atoms with van der Waals surface area (Å²) in [5.74, 6) is 0.00133. The van der Waals surface area contributed by atoms with E-state index in [-0.39, 0.29) is 12.5 Å². The molecule has 0 aromatic heterocycles. The second-order valence-corrected chi connectivity index (χ2v) is 5.51. The van der Waals surface area contributed by atoms with Gasteiger partial charge in [0.25, 0.3) is 0 Å². The number of benzene rings is 1. The van der Waals surface area contributed by atoms with E-state index in [9.17, 15) is 4.79 Å². The zero-order chi connectivity index (χ0) is 14.7. The molecule has 0 amide bonds. The van der Waals surface area contributed by atoms with E-state index in [1.807, 2.05) is 6.07 Å². The van der Waals surface area contributed by atoms with E-state index in [1.54, 1.807) is 7.11 Å². The van der Waals surface area contributed by atoms with Crippen molar-refractivity contribution in [3.63, 3.8) is 0 Å². The predicted octanol–water partition coefficient (Wildman–Crippen LogP) is 2.75. The lowest BCUT2D eigenvalue weighted by molar-refractivity contribution is -0.137. The molecule has 3 N–H and O–H groups in total. The minimum Gasteiger partial charge on any atom is -0.496 e. The quantitative estimate of drug-likeness (QED) is 0.868. The summed E-state index contributed by atoms with van der Waals surface area (Å²) in [5.41, 5.74) is 11.2. The monoisotopic (exact) mass is 277 g/mol. The van der Waals surface area contributed by atoms with Gasteiger partial charge in [0.05, 0.1) is 7.11 Å². The summed E-state index contributed by atoms with van der Waals surface area (Å²) in [6.45, 7) is 2.11. The highest BCUT2D eigenvalue weighted by atomic mass is 16.5. The Kier molecular flexibility index (Phi) is 4.65. The molecular weight excluding hydrogens is 254 g/mol. The van der Waals surface area contributed by atoms with Crippen molar-refractivity contribution in [2.45, 2.75) is 51.5 Å². The topological polar surface area (TPSA) is 72.5 Å². The first-order valence-corrected chi connectivity index (χ1v) is 7.21. The van der Waals surface area contributed by atoms with Crippen LogP contribution in [0.25, 0.3) is 0 Å². The van der Waals surface area contributed by atoms with Gasteiger partial charge in [-0.15, -0.1) is 0 Å². The standard InChI is InChI=1S/C16H23NO3/c1-10-9-14(20-2)16(13(17)7-8-15(18)19)12-6-4-3-5-11(10)12/h9,13H,3-8,17H2,1-2H3,(H,18,19). The van der Waals surface area contributed by atoms with E-state index < -0.39 is 5.97 Å². The van der Waals surface area contributed by atoms with Gasteiger partial charge in [0.1, 0.15) is 5.75 Å². The molecule has 0 saturated carbocycles. The van der Waals surface area contributed by atoms with Gasteiger partial charge >= 0.3 is 5.97 Å². The minimum absolute atomic E-state index is 0.0902. The molecule has 1 atom stereocenters. The van der Waals surface area contributed by atoms with E-state index in [4.69, 9.17) is 15.6 Å². The van der Waals surface area contributed by atoms with Crippen LogP contribution in [0.2, 0.25) is 0 Å². The molecule has 0 bridgehead atoms. The van der Waals surface area contributed by atoms with E-state index in [0.29, 0.717) is 6.42 Å². The third-order valence-electron chi connectivity index (χ3n) is 4.14. The number of ether oxygens (including phenoxy) is 1. The summed E-state index contributed by atoms with van der Waals surface area (Å²) >= 11 is 0. The Morgan fingerprint density at radius 3 is 2.65 bits per heavy atom. The molecular formula is C16H23NO3. The Balaban J connectivity index is 2.41. The number of nitrogens with two attached hydrogens (primary N) is 1. The van der Waals surface area contributed by atoms with E-state index in [0.717, 1.165) is 30.6 Å². The smallest absolute Gasteiger partial charge is 0.303 e. The van der Waals surface area contributed by atoms with Crippen LogP contribution in [0.4, 0.5) is 0 Å². The van der Waals surface area contributed by atoms with Crippen LogP contribution in [0.3, 0.4) is 0 Å². The van der Waals surface area contributed by atoms with Gasteiger partial charge in [-0.05, 0) is 61.8 Å². The highest BCUT2D eigenvalue weighted by Crippen LogP contribution is 2.37. The average molecular weight is 277 g/mol. The van der Waals surface area contributed by atoms with Crippen molar-refractivity contribution in [2.75, 3.05) is 7.11 Å². The fraction of sp³-hybridized carbons (Fsp3) is 0.562. The van der Waals surface area contributed by atoms with Crippen molar-refractivity contribution >= 4 is 5.97 Å². The van der Waals surface area contributed by atoms with Crippen LogP contribution < -0.4 is 10.5 Å². The Labute approximate surface area is 119 Å². The number of carboxylic acids is 1. The molecule has 4 nitrogen and oxygen atoms in total. The van der Waals surface area contributed by atoms with Crippen LogP contribution in [0.15, 0.2) is 6.07 Å². The molecule has 0 fully saturated rings. The van der Waals surface area contributed by atoms with E-state index in [2.05, 4.69) is 6.92 Å². The van der Waals surface area contributed by atoms with Crippen molar-refractivity contribution < 1.29 is 14.6 Å². The first-order valence-electron chi connectivity index (χ1n) is 7.21. The van der Waals surface area contributed by atoms with Crippen LogP contribution in [0.1, 0.15) is 54.0 Å². The van der Waals surface area contributed by atoms with Gasteiger partial charge in [0.2, 0.25) is 0 Å². The lowest BCUT2D eigenvalue weighted by atomic mass is 9.82. The number of aryl methyl sites for hydroxylation is 1. The van der Waals surface area contributed by atoms with Crippen molar-refractivity contribution in [1.29, 1.82) is 0 Å². The molecule has 110 valence electrons. The molecule has 1 aromatic rings. The van der Waals surface area contributed by atoms with Crippen molar-refractivity contribution in [2.24, 2.45) is 5.73 Å². The summed E-state index contributed by atoms with van der Waals surface area (Å²) in [4.78, 5) is 10.7. The molecule has 1 aliphatic carbocycles. The second kappa shape index (κ2) is 6.27. The molecule has 4 heteroatoms. The Bertz CT molecular complexity index is 511. The highest BCUT2D eigenvalue weighted by Gasteiger charge is 2.23. The number of methoxy groups -OCH3 is 1. The average Bonchev–Trinajstić information content (AvgIpc) is 2.44. The maximum atomic E-state index is 10.7. The molecule has 0 spiro atoms. The molecule has 0 aliphatic heterocycles. The van der Waals surface area contributed by atoms with Crippen LogP contribution in [0.5, 0.6) is 5.75 Å². The summed E-state index contributed by atoms with van der Waals surface area (Å²) in [6, 6.07) is 1.77. The number of aliphatic carboxylic acids is 1. The number of carbonyl (C=O) groups is 1. The predicted molar refractivity (Wildman–Crippen MR) is 78.2 cm³/mol. The van der Waals surface area contributed by atoms with Crippen molar-refractivity contribution in [3.05, 3.63) is 28.3 Å². The summed E-state index contributed by atoms with van der Waals surface area (Å²) < 4.78 is 5.49. The number of carboxylic acid groups (broad SMARTS) is 1. The normalized spacial score (nSPS) is 15.6. The SMILES string of the molecule is COc1cc(C)c2c(c1C(N)CCC(=O)O)CCCC2. The van der Waals surface area contributed by atoms with Gasteiger partial charge in [0, 0.05) is 18.0 Å². The second-order valence-electron chi connectivity index (χ2n) is 5.51. The number of fused-ring (bicyclic) bond motifs is 1. The molecule has 20 heavy (non-hydrogen) atoms. The van der Waals surface area contributed by atoms with E-state index in [1.165, 1.54) is 23.1 Å². The minimum atomic E-state index is -0.805. The first kappa shape index (κ1) is 14.9. The lowest BCUT2D eigenvalue weighted by Gasteiger charge is -2.26. The van der Waals surface area contributed by atoms with Gasteiger partial charge in [-0.3, -0.25) is 4.79 Å². The molecule has 0 saturated heterocycles. The lowest BCUT2D eigenvalue weighted by Crippen LogP contribution is -2.19. The van der Waals surface area contributed by atoms with Crippen LogP contribution in [0, 0.1) is 6.92 Å². The largest absolute Gasteiger partial charge is 0.496 e. The number of hydrogen-bond donors (Lipinski definition) is 2. The van der Waals surface area contributed by atoms with E-state index >= 15 is 0 Å². The Morgan fingerprint density at radius 2 is 2.05 bits per heavy atom. The Hall–Kier alpha value is -1.55. The maximum absolute atomic E-state index is 10.7. The van der Waals surface area contributed by atoms with Crippen molar-refractivity contribution in [1.82, 2.24) is 0 Å². The zero-order valence-corrected chi connectivity index (χ0v) is 12.2. The molecule has 2 rings (SSSR count). The van der Waals surface area contributed by atoms with Crippen molar-refractivity contribution in [3.8, 4) is 5.75 Å².